The van der Waals surface area contributed by atoms with E-state index in [9.17, 15) is 19.5 Å². The summed E-state index contributed by atoms with van der Waals surface area (Å²) in [5.41, 5.74) is 1.84. The van der Waals surface area contributed by atoms with Gasteiger partial charge in [-0.2, -0.15) is 0 Å². The van der Waals surface area contributed by atoms with Gasteiger partial charge in [-0.15, -0.1) is 0 Å². The number of furan rings is 1. The van der Waals surface area contributed by atoms with Gasteiger partial charge >= 0.3 is 11.9 Å². The number of carboxylic acid groups (broad SMARTS) is 1. The third-order valence-electron chi connectivity index (χ3n) is 6.69. The number of carboxylic acids is 1. The van der Waals surface area contributed by atoms with Crippen molar-refractivity contribution in [3.05, 3.63) is 107 Å². The predicted molar refractivity (Wildman–Crippen MR) is 159 cm³/mol. The van der Waals surface area contributed by atoms with Gasteiger partial charge in [-0.3, -0.25) is 9.36 Å². The molecule has 1 N–H and O–H groups in total. The van der Waals surface area contributed by atoms with Crippen LogP contribution < -0.4 is 19.6 Å². The highest BCUT2D eigenvalue weighted by Crippen LogP contribution is 2.34. The molecule has 5 rings (SSSR count). The Morgan fingerprint density at radius 2 is 1.98 bits per heavy atom. The molecule has 0 bridgehead atoms. The van der Waals surface area contributed by atoms with E-state index < -0.39 is 18.0 Å². The van der Waals surface area contributed by atoms with Crippen molar-refractivity contribution in [2.75, 3.05) is 13.7 Å². The number of halogens is 1. The highest BCUT2D eigenvalue weighted by molar-refractivity contribution is 7.07. The first-order valence-corrected chi connectivity index (χ1v) is 14.4. The van der Waals surface area contributed by atoms with E-state index in [1.165, 1.54) is 28.0 Å². The number of hydrogen-bond donors (Lipinski definition) is 1. The number of aromatic carboxylic acids is 1. The first-order valence-electron chi connectivity index (χ1n) is 13.2. The Bertz CT molecular complexity index is 1900. The van der Waals surface area contributed by atoms with E-state index in [1.54, 1.807) is 50.4 Å². The predicted octanol–water partition coefficient (Wildman–Crippen LogP) is 5.20. The zero-order valence-corrected chi connectivity index (χ0v) is 24.6. The number of nitrogens with zero attached hydrogens (tertiary/aromatic N) is 2. The summed E-state index contributed by atoms with van der Waals surface area (Å²) in [6.07, 6.45) is 2.90. The molecule has 9 nitrogen and oxygen atoms in total. The lowest BCUT2D eigenvalue weighted by atomic mass is 9.94. The van der Waals surface area contributed by atoms with Crippen molar-refractivity contribution in [1.29, 1.82) is 0 Å². The van der Waals surface area contributed by atoms with E-state index in [-0.39, 0.29) is 22.8 Å². The fourth-order valence-corrected chi connectivity index (χ4v) is 6.07. The molecule has 0 radical (unpaired) electrons. The van der Waals surface area contributed by atoms with Gasteiger partial charge in [-0.05, 0) is 55.3 Å². The molecule has 0 unspecified atom stereocenters. The minimum atomic E-state index is -1.12. The van der Waals surface area contributed by atoms with Crippen LogP contribution >= 0.6 is 22.9 Å². The van der Waals surface area contributed by atoms with Crippen LogP contribution in [0.2, 0.25) is 5.02 Å². The molecule has 0 aliphatic carbocycles. The molecule has 1 atom stereocenters. The van der Waals surface area contributed by atoms with Crippen LogP contribution in [-0.2, 0) is 9.53 Å². The second kappa shape index (κ2) is 12.2. The summed E-state index contributed by atoms with van der Waals surface area (Å²) in [7, 11) is 1.56. The number of ether oxygens (including phenoxy) is 2. The van der Waals surface area contributed by atoms with Crippen LogP contribution in [0.1, 0.15) is 54.4 Å². The summed E-state index contributed by atoms with van der Waals surface area (Å²) in [6, 6.07) is 14.4. The highest BCUT2D eigenvalue weighted by Gasteiger charge is 2.34. The van der Waals surface area contributed by atoms with E-state index in [2.05, 4.69) is 0 Å². The number of thiazole rings is 1. The monoisotopic (exact) mass is 606 g/mol. The molecule has 2 aromatic heterocycles. The number of esters is 1. The van der Waals surface area contributed by atoms with Gasteiger partial charge in [0.05, 0.1) is 46.1 Å². The summed E-state index contributed by atoms with van der Waals surface area (Å²) in [6.45, 7) is 3.92. The molecular formula is C31H27ClN2O7S. The lowest BCUT2D eigenvalue weighted by molar-refractivity contribution is -0.139. The summed E-state index contributed by atoms with van der Waals surface area (Å²) in [5.74, 6) is -0.189. The van der Waals surface area contributed by atoms with Crippen LogP contribution in [-0.4, -0.2) is 35.3 Å². The van der Waals surface area contributed by atoms with Crippen molar-refractivity contribution in [3.63, 3.8) is 0 Å². The molecule has 1 aliphatic rings. The standard InChI is InChI=1S/C31H27ClN2O7S/c1-4-7-23-26(30(38)40-5-2)27(18-8-6-9-19(14-18)39-3)34-28(35)25(42-31(34)33-23)16-20-11-13-24(41-20)17-10-12-21(29(36)37)22(32)15-17/h6,8-16,27H,4-5,7H2,1-3H3,(H,36,37)/b25-16-/t27-/m0/s1. The first kappa shape index (κ1) is 29.1. The van der Waals surface area contributed by atoms with E-state index in [1.807, 2.05) is 19.1 Å². The number of fused-ring (bicyclic) bond motifs is 1. The largest absolute Gasteiger partial charge is 0.497 e. The van der Waals surface area contributed by atoms with Crippen LogP contribution in [0.25, 0.3) is 17.4 Å². The molecule has 1 aliphatic heterocycles. The molecular weight excluding hydrogens is 580 g/mol. The lowest BCUT2D eigenvalue weighted by Crippen LogP contribution is -2.40. The zero-order valence-electron chi connectivity index (χ0n) is 23.0. The van der Waals surface area contributed by atoms with Gasteiger partial charge < -0.3 is 19.0 Å². The van der Waals surface area contributed by atoms with E-state index in [0.29, 0.717) is 55.4 Å². The summed E-state index contributed by atoms with van der Waals surface area (Å²) < 4.78 is 18.7. The molecule has 0 spiro atoms. The number of aromatic nitrogens is 1. The fraction of sp³-hybridized carbons (Fsp3) is 0.226. The Hall–Kier alpha value is -4.41. The number of methoxy groups -OCH3 is 1. The number of hydrogen-bond acceptors (Lipinski definition) is 8. The minimum Gasteiger partial charge on any atom is -0.497 e. The van der Waals surface area contributed by atoms with E-state index >= 15 is 0 Å². The van der Waals surface area contributed by atoms with Crippen molar-refractivity contribution >= 4 is 41.0 Å². The van der Waals surface area contributed by atoms with Crippen LogP contribution in [0, 0.1) is 0 Å². The van der Waals surface area contributed by atoms with E-state index in [4.69, 9.17) is 30.5 Å². The van der Waals surface area contributed by atoms with Gasteiger partial charge in [0.25, 0.3) is 5.56 Å². The topological polar surface area (TPSA) is 120 Å². The molecule has 0 saturated carbocycles. The third kappa shape index (κ3) is 5.55. The van der Waals surface area contributed by atoms with Gasteiger partial charge in [0, 0.05) is 11.6 Å². The number of carbonyl (C=O) groups is 2. The van der Waals surface area contributed by atoms with Crippen LogP contribution in [0.15, 0.2) is 80.1 Å². The van der Waals surface area contributed by atoms with Gasteiger partial charge in [0.1, 0.15) is 17.3 Å². The minimum absolute atomic E-state index is 0.0106. The van der Waals surface area contributed by atoms with Crippen LogP contribution in [0.3, 0.4) is 0 Å². The van der Waals surface area contributed by atoms with Crippen molar-refractivity contribution < 1.29 is 28.6 Å². The summed E-state index contributed by atoms with van der Waals surface area (Å²) in [4.78, 5) is 43.8. The number of carbonyl (C=O) groups excluding carboxylic acids is 1. The summed E-state index contributed by atoms with van der Waals surface area (Å²) in [5, 5.41) is 9.33. The van der Waals surface area contributed by atoms with Gasteiger partial charge in [-0.25, -0.2) is 14.6 Å². The maximum absolute atomic E-state index is 13.9. The van der Waals surface area contributed by atoms with Gasteiger partial charge in [0.15, 0.2) is 4.80 Å². The SMILES string of the molecule is CCCC1=C(C(=O)OCC)[C@H](c2cccc(OC)c2)n2c(s/c(=C\c3ccc(-c4ccc(C(=O)O)c(Cl)c4)o3)c2=O)=N1. The molecule has 11 heteroatoms. The van der Waals surface area contributed by atoms with Crippen LogP contribution in [0.4, 0.5) is 0 Å². The normalized spacial score (nSPS) is 14.9. The maximum Gasteiger partial charge on any atom is 0.338 e. The Labute approximate surface area is 249 Å². The fourth-order valence-electron chi connectivity index (χ4n) is 4.80. The Kier molecular flexibility index (Phi) is 8.46. The molecule has 3 heterocycles. The number of benzene rings is 2. The van der Waals surface area contributed by atoms with Gasteiger partial charge in [-0.1, -0.05) is 54.5 Å². The number of allylic oxidation sites excluding steroid dienone is 1. The number of rotatable bonds is 9. The third-order valence-corrected chi connectivity index (χ3v) is 7.98. The molecule has 42 heavy (non-hydrogen) atoms. The quantitative estimate of drug-likeness (QED) is 0.260. The molecule has 216 valence electrons. The van der Waals surface area contributed by atoms with Crippen molar-refractivity contribution in [1.82, 2.24) is 4.57 Å². The molecule has 4 aromatic rings. The van der Waals surface area contributed by atoms with Crippen molar-refractivity contribution in [2.45, 2.75) is 32.7 Å². The highest BCUT2D eigenvalue weighted by atomic mass is 35.5. The Morgan fingerprint density at radius 1 is 1.17 bits per heavy atom. The first-order chi connectivity index (χ1) is 20.2. The smallest absolute Gasteiger partial charge is 0.338 e. The molecule has 0 saturated heterocycles. The molecule has 2 aromatic carbocycles. The average molecular weight is 607 g/mol. The van der Waals surface area contributed by atoms with Crippen LogP contribution in [0.5, 0.6) is 5.75 Å². The average Bonchev–Trinajstić information content (AvgIpc) is 3.56. The second-order valence-corrected chi connectivity index (χ2v) is 10.8. The lowest BCUT2D eigenvalue weighted by Gasteiger charge is -2.26. The second-order valence-electron chi connectivity index (χ2n) is 9.39. The Morgan fingerprint density at radius 3 is 2.67 bits per heavy atom. The maximum atomic E-state index is 13.9. The van der Waals surface area contributed by atoms with Gasteiger partial charge in [0.2, 0.25) is 0 Å². The zero-order chi connectivity index (χ0) is 30.0. The Balaban J connectivity index is 1.64. The van der Waals surface area contributed by atoms with Crippen molar-refractivity contribution in [2.24, 2.45) is 4.99 Å². The van der Waals surface area contributed by atoms with E-state index in [0.717, 1.165) is 6.42 Å². The van der Waals surface area contributed by atoms with Crippen molar-refractivity contribution in [3.8, 4) is 17.1 Å². The summed E-state index contributed by atoms with van der Waals surface area (Å²) >= 11 is 7.33. The molecule has 0 fully saturated rings. The molecule has 0 amide bonds.